The Hall–Kier alpha value is -1.49. The summed E-state index contributed by atoms with van der Waals surface area (Å²) >= 11 is 1.80. The fourth-order valence-electron chi connectivity index (χ4n) is 3.72. The van der Waals surface area contributed by atoms with Crippen LogP contribution in [0.2, 0.25) is 0 Å². The largest absolute Gasteiger partial charge is 0.333 e. The van der Waals surface area contributed by atoms with Gasteiger partial charge < -0.3 is 4.90 Å². The van der Waals surface area contributed by atoms with E-state index >= 15 is 0 Å². The van der Waals surface area contributed by atoms with Gasteiger partial charge in [0.05, 0.1) is 6.04 Å². The van der Waals surface area contributed by atoms with Crippen LogP contribution in [0, 0.1) is 0 Å². The molecule has 1 aromatic rings. The molecule has 130 valence electrons. The molecule has 4 nitrogen and oxygen atoms in total. The molecule has 0 radical (unpaired) electrons. The number of thioether (sulfide) groups is 1. The molecule has 2 atom stereocenters. The molecule has 1 aliphatic heterocycles. The normalized spacial score (nSPS) is 26.8. The van der Waals surface area contributed by atoms with E-state index in [9.17, 15) is 4.79 Å². The molecule has 24 heavy (non-hydrogen) atoms. The number of carbonyl (C=O) groups excluding carboxylic acids is 1. The third-order valence-corrected chi connectivity index (χ3v) is 6.13. The number of rotatable bonds is 3. The standard InChI is InChI=1S/C19H27N3OS/c1-14-18(22(15(2)23)17-12-8-5-9-13-17)21(3)19(24-14)20-16-10-6-4-7-11-16/h5,8-9,12-14,16,18H,4,6-7,10-11H2,1-3H3. The molecular formula is C19H27N3OS. The number of nitrogens with zero attached hydrogens (tertiary/aromatic N) is 3. The molecule has 2 aliphatic rings. The maximum atomic E-state index is 12.4. The molecule has 1 saturated carbocycles. The maximum Gasteiger partial charge on any atom is 0.225 e. The third kappa shape index (κ3) is 3.61. The van der Waals surface area contributed by atoms with Crippen LogP contribution in [0.1, 0.15) is 46.0 Å². The highest BCUT2D eigenvalue weighted by Crippen LogP contribution is 2.36. The zero-order chi connectivity index (χ0) is 17.1. The van der Waals surface area contributed by atoms with Crippen molar-refractivity contribution in [3.63, 3.8) is 0 Å². The van der Waals surface area contributed by atoms with E-state index in [1.165, 1.54) is 32.1 Å². The van der Waals surface area contributed by atoms with E-state index in [-0.39, 0.29) is 12.1 Å². The summed E-state index contributed by atoms with van der Waals surface area (Å²) in [6.07, 6.45) is 6.34. The van der Waals surface area contributed by atoms with Gasteiger partial charge in [-0.1, -0.05) is 49.2 Å². The van der Waals surface area contributed by atoms with Crippen LogP contribution in [0.15, 0.2) is 35.3 Å². The lowest BCUT2D eigenvalue weighted by molar-refractivity contribution is -0.117. The van der Waals surface area contributed by atoms with E-state index in [1.807, 2.05) is 35.2 Å². The fraction of sp³-hybridized carbons (Fsp3) is 0.579. The van der Waals surface area contributed by atoms with Gasteiger partial charge in [0, 0.05) is 24.9 Å². The van der Waals surface area contributed by atoms with E-state index < -0.39 is 0 Å². The quantitative estimate of drug-likeness (QED) is 0.827. The number of amidine groups is 1. The summed E-state index contributed by atoms with van der Waals surface area (Å²) in [7, 11) is 2.07. The molecule has 1 aromatic carbocycles. The van der Waals surface area contributed by atoms with Crippen molar-refractivity contribution in [1.29, 1.82) is 0 Å². The first-order valence-corrected chi connectivity index (χ1v) is 9.78. The van der Waals surface area contributed by atoms with Crippen molar-refractivity contribution >= 4 is 28.5 Å². The van der Waals surface area contributed by atoms with Crippen molar-refractivity contribution in [2.75, 3.05) is 11.9 Å². The number of amides is 1. The van der Waals surface area contributed by atoms with Crippen LogP contribution in [0.5, 0.6) is 0 Å². The average Bonchev–Trinajstić information content (AvgIpc) is 2.85. The molecule has 3 rings (SSSR count). The van der Waals surface area contributed by atoms with Crippen molar-refractivity contribution in [3.8, 4) is 0 Å². The number of carbonyl (C=O) groups is 1. The second-order valence-corrected chi connectivity index (χ2v) is 8.12. The molecule has 1 aliphatic carbocycles. The Kier molecular flexibility index (Phi) is 5.49. The molecule has 1 amide bonds. The number of hydrogen-bond acceptors (Lipinski definition) is 3. The summed E-state index contributed by atoms with van der Waals surface area (Å²) in [5.74, 6) is 0.0735. The van der Waals surface area contributed by atoms with Gasteiger partial charge in [-0.25, -0.2) is 0 Å². The Bertz CT molecular complexity index is 598. The highest BCUT2D eigenvalue weighted by Gasteiger charge is 2.40. The number of benzene rings is 1. The van der Waals surface area contributed by atoms with Gasteiger partial charge in [-0.15, -0.1) is 0 Å². The minimum Gasteiger partial charge on any atom is -0.333 e. The highest BCUT2D eigenvalue weighted by molar-refractivity contribution is 8.14. The zero-order valence-corrected chi connectivity index (χ0v) is 15.6. The van der Waals surface area contributed by atoms with Gasteiger partial charge in [0.25, 0.3) is 0 Å². The summed E-state index contributed by atoms with van der Waals surface area (Å²) in [4.78, 5) is 21.5. The van der Waals surface area contributed by atoms with E-state index in [4.69, 9.17) is 4.99 Å². The zero-order valence-electron chi connectivity index (χ0n) is 14.8. The second kappa shape index (κ2) is 7.60. The lowest BCUT2D eigenvalue weighted by Crippen LogP contribution is -2.50. The maximum absolute atomic E-state index is 12.4. The predicted molar refractivity (Wildman–Crippen MR) is 103 cm³/mol. The molecule has 0 spiro atoms. The number of aliphatic imine (C=N–C) groups is 1. The SMILES string of the molecule is CC(=O)N(c1ccccc1)C1C(C)SC(=NC2CCCCC2)N1C. The third-order valence-electron chi connectivity index (χ3n) is 4.92. The fourth-order valence-corrected chi connectivity index (χ4v) is 4.96. The van der Waals surface area contributed by atoms with Gasteiger partial charge in [0.2, 0.25) is 5.91 Å². The molecule has 2 unspecified atom stereocenters. The van der Waals surface area contributed by atoms with Crippen molar-refractivity contribution < 1.29 is 4.79 Å². The van der Waals surface area contributed by atoms with Crippen molar-refractivity contribution in [2.45, 2.75) is 63.4 Å². The van der Waals surface area contributed by atoms with Crippen molar-refractivity contribution in [2.24, 2.45) is 4.99 Å². The molecule has 1 saturated heterocycles. The summed E-state index contributed by atoms with van der Waals surface area (Å²) in [6.45, 7) is 3.84. The number of anilines is 1. The summed E-state index contributed by atoms with van der Waals surface area (Å²) < 4.78 is 0. The molecule has 0 aromatic heterocycles. The second-order valence-electron chi connectivity index (χ2n) is 6.78. The molecule has 0 N–H and O–H groups in total. The first kappa shape index (κ1) is 17.3. The van der Waals surface area contributed by atoms with Gasteiger partial charge in [0.1, 0.15) is 6.17 Å². The summed E-state index contributed by atoms with van der Waals surface area (Å²) in [5.41, 5.74) is 0.952. The first-order chi connectivity index (χ1) is 11.6. The van der Waals surface area contributed by atoms with Crippen LogP contribution < -0.4 is 4.90 Å². The lowest BCUT2D eigenvalue weighted by Gasteiger charge is -2.35. The van der Waals surface area contributed by atoms with E-state index in [2.05, 4.69) is 18.9 Å². The van der Waals surface area contributed by atoms with Crippen LogP contribution in [-0.4, -0.2) is 40.5 Å². The smallest absolute Gasteiger partial charge is 0.225 e. The van der Waals surface area contributed by atoms with Gasteiger partial charge in [0.15, 0.2) is 5.17 Å². The van der Waals surface area contributed by atoms with E-state index in [0.717, 1.165) is 10.9 Å². The first-order valence-electron chi connectivity index (χ1n) is 8.90. The number of hydrogen-bond donors (Lipinski definition) is 0. The van der Waals surface area contributed by atoms with E-state index in [0.29, 0.717) is 11.3 Å². The van der Waals surface area contributed by atoms with Crippen LogP contribution in [0.3, 0.4) is 0 Å². The van der Waals surface area contributed by atoms with Gasteiger partial charge in [-0.3, -0.25) is 14.7 Å². The topological polar surface area (TPSA) is 35.9 Å². The summed E-state index contributed by atoms with van der Waals surface area (Å²) in [6, 6.07) is 10.4. The Morgan fingerprint density at radius 3 is 2.50 bits per heavy atom. The molecule has 1 heterocycles. The van der Waals surface area contributed by atoms with Crippen molar-refractivity contribution in [1.82, 2.24) is 4.90 Å². The number of para-hydroxylation sites is 1. The highest BCUT2D eigenvalue weighted by atomic mass is 32.2. The minimum absolute atomic E-state index is 0.0113. The van der Waals surface area contributed by atoms with Gasteiger partial charge in [-0.05, 0) is 31.9 Å². The Balaban J connectivity index is 1.84. The van der Waals surface area contributed by atoms with E-state index in [1.54, 1.807) is 18.7 Å². The van der Waals surface area contributed by atoms with Crippen molar-refractivity contribution in [3.05, 3.63) is 30.3 Å². The molecular weight excluding hydrogens is 318 g/mol. The van der Waals surface area contributed by atoms with Gasteiger partial charge >= 0.3 is 0 Å². The van der Waals surface area contributed by atoms with Crippen LogP contribution in [0.25, 0.3) is 0 Å². The average molecular weight is 346 g/mol. The summed E-state index contributed by atoms with van der Waals surface area (Å²) in [5, 5.41) is 1.38. The Morgan fingerprint density at radius 2 is 1.88 bits per heavy atom. The van der Waals surface area contributed by atoms with Crippen LogP contribution >= 0.6 is 11.8 Å². The Morgan fingerprint density at radius 1 is 1.21 bits per heavy atom. The molecule has 0 bridgehead atoms. The predicted octanol–water partition coefficient (Wildman–Crippen LogP) is 4.12. The van der Waals surface area contributed by atoms with Gasteiger partial charge in [-0.2, -0.15) is 0 Å². The monoisotopic (exact) mass is 345 g/mol. The van der Waals surface area contributed by atoms with Crippen LogP contribution in [0.4, 0.5) is 5.69 Å². The van der Waals surface area contributed by atoms with Crippen LogP contribution in [-0.2, 0) is 4.79 Å². The molecule has 2 fully saturated rings. The minimum atomic E-state index is 0.0113. The molecule has 5 heteroatoms. The lowest BCUT2D eigenvalue weighted by atomic mass is 9.96. The Labute approximate surface area is 149 Å².